The predicted molar refractivity (Wildman–Crippen MR) is 145 cm³/mol. The molecule has 1 unspecified atom stereocenters. The molecule has 8 heteroatoms. The minimum absolute atomic E-state index is 0.158. The second-order valence-corrected chi connectivity index (χ2v) is 11.5. The molecule has 3 amide bonds. The van der Waals surface area contributed by atoms with E-state index in [0.29, 0.717) is 31.3 Å². The summed E-state index contributed by atoms with van der Waals surface area (Å²) in [6.07, 6.45) is 8.09. The highest BCUT2D eigenvalue weighted by molar-refractivity contribution is 9.08. The minimum atomic E-state index is -0.360. The summed E-state index contributed by atoms with van der Waals surface area (Å²) in [6, 6.07) is 8.22. The van der Waals surface area contributed by atoms with Crippen molar-refractivity contribution in [2.75, 3.05) is 26.2 Å². The number of rotatable bonds is 4. The van der Waals surface area contributed by atoms with Gasteiger partial charge in [-0.25, -0.2) is 4.79 Å². The van der Waals surface area contributed by atoms with Gasteiger partial charge in [0.15, 0.2) is 0 Å². The second kappa shape index (κ2) is 11.1. The maximum Gasteiger partial charge on any atom is 0.314 e. The van der Waals surface area contributed by atoms with E-state index in [4.69, 9.17) is 22.3 Å². The van der Waals surface area contributed by atoms with Gasteiger partial charge in [0.25, 0.3) is 0 Å². The third-order valence-corrected chi connectivity index (χ3v) is 9.36. The first-order valence-electron chi connectivity index (χ1n) is 13.1. The highest BCUT2D eigenvalue weighted by atomic mass is 79.9. The van der Waals surface area contributed by atoms with Crippen LogP contribution in [0.15, 0.2) is 30.5 Å². The molecule has 3 aliphatic rings. The molecule has 5 rings (SSSR count). The van der Waals surface area contributed by atoms with Gasteiger partial charge in [-0.1, -0.05) is 45.7 Å². The van der Waals surface area contributed by atoms with Crippen molar-refractivity contribution < 1.29 is 9.59 Å². The number of nitrogens with zero attached hydrogens (tertiary/aromatic N) is 3. The molecule has 2 aliphatic heterocycles. The highest BCUT2D eigenvalue weighted by Crippen LogP contribution is 2.45. The summed E-state index contributed by atoms with van der Waals surface area (Å²) >= 11 is 10.4. The first-order valence-corrected chi connectivity index (χ1v) is 14.6. The summed E-state index contributed by atoms with van der Waals surface area (Å²) < 4.78 is 0. The Morgan fingerprint density at radius 3 is 2.42 bits per heavy atom. The summed E-state index contributed by atoms with van der Waals surface area (Å²) in [5.41, 5.74) is 11.6. The number of nitrogens with two attached hydrogens (primary N) is 1. The Kier molecular flexibility index (Phi) is 7.87. The van der Waals surface area contributed by atoms with Crippen LogP contribution in [0.3, 0.4) is 0 Å². The molecule has 1 aliphatic carbocycles. The molecule has 0 bridgehead atoms. The van der Waals surface area contributed by atoms with Crippen LogP contribution in [0.5, 0.6) is 0 Å². The largest absolute Gasteiger partial charge is 0.351 e. The Hall–Kier alpha value is -2.12. The van der Waals surface area contributed by atoms with E-state index in [1.807, 2.05) is 17.2 Å². The number of primary amides is 1. The minimum Gasteiger partial charge on any atom is -0.351 e. The fourth-order valence-corrected chi connectivity index (χ4v) is 6.97. The number of alkyl halides is 1. The van der Waals surface area contributed by atoms with Crippen molar-refractivity contribution in [1.82, 2.24) is 14.8 Å². The van der Waals surface area contributed by atoms with E-state index in [1.54, 1.807) is 4.90 Å². The zero-order chi connectivity index (χ0) is 25.2. The van der Waals surface area contributed by atoms with Gasteiger partial charge >= 0.3 is 6.03 Å². The molecule has 1 aromatic carbocycles. The van der Waals surface area contributed by atoms with Gasteiger partial charge in [0.1, 0.15) is 0 Å². The molecule has 36 heavy (non-hydrogen) atoms. The SMILES string of the molecule is NC(=O)N1CCC(CC(=O)N2CCC(C3c4ncc(CBr)cc4CCc4cccc(Cl)c43)CC2)CC1. The number of hydrogen-bond donors (Lipinski definition) is 1. The molecule has 6 nitrogen and oxygen atoms in total. The predicted octanol–water partition coefficient (Wildman–Crippen LogP) is 5.28. The number of likely N-dealkylation sites (tertiary alicyclic amines) is 2. The lowest BCUT2D eigenvalue weighted by atomic mass is 9.76. The number of pyridine rings is 1. The topological polar surface area (TPSA) is 79.5 Å². The number of amides is 3. The van der Waals surface area contributed by atoms with Crippen LogP contribution >= 0.6 is 27.5 Å². The molecule has 2 saturated heterocycles. The molecule has 2 N–H and O–H groups in total. The molecular formula is C28H34BrClN4O2. The Bertz CT molecular complexity index is 1130. The van der Waals surface area contributed by atoms with Crippen LogP contribution in [0.25, 0.3) is 0 Å². The lowest BCUT2D eigenvalue weighted by Gasteiger charge is -2.38. The molecule has 0 saturated carbocycles. The zero-order valence-electron chi connectivity index (χ0n) is 20.6. The maximum atomic E-state index is 13.1. The fraction of sp³-hybridized carbons (Fsp3) is 0.536. The molecule has 3 heterocycles. The van der Waals surface area contributed by atoms with Gasteiger partial charge in [-0.2, -0.15) is 0 Å². The lowest BCUT2D eigenvalue weighted by molar-refractivity contribution is -0.134. The number of hydrogen-bond acceptors (Lipinski definition) is 3. The van der Waals surface area contributed by atoms with Gasteiger partial charge in [-0.15, -0.1) is 0 Å². The molecular weight excluding hydrogens is 540 g/mol. The summed E-state index contributed by atoms with van der Waals surface area (Å²) in [6.45, 7) is 2.85. The van der Waals surface area contributed by atoms with Gasteiger partial charge < -0.3 is 15.5 Å². The number of aryl methyl sites for hydroxylation is 2. The van der Waals surface area contributed by atoms with Crippen molar-refractivity contribution >= 4 is 39.5 Å². The van der Waals surface area contributed by atoms with E-state index in [9.17, 15) is 9.59 Å². The van der Waals surface area contributed by atoms with Crippen molar-refractivity contribution in [3.05, 3.63) is 63.4 Å². The van der Waals surface area contributed by atoms with Gasteiger partial charge in [-0.05, 0) is 78.7 Å². The molecule has 192 valence electrons. The maximum absolute atomic E-state index is 13.1. The monoisotopic (exact) mass is 572 g/mol. The Labute approximate surface area is 226 Å². The molecule has 2 aromatic rings. The van der Waals surface area contributed by atoms with Crippen LogP contribution in [0.4, 0.5) is 4.79 Å². The average molecular weight is 574 g/mol. The Morgan fingerprint density at radius 2 is 1.72 bits per heavy atom. The van der Waals surface area contributed by atoms with Crippen molar-refractivity contribution in [1.29, 1.82) is 0 Å². The number of fused-ring (bicyclic) bond motifs is 2. The molecule has 0 radical (unpaired) electrons. The summed E-state index contributed by atoms with van der Waals surface area (Å²) in [5, 5.41) is 1.63. The summed E-state index contributed by atoms with van der Waals surface area (Å²) in [5.74, 6) is 1.13. The standard InChI is InChI=1S/C28H34BrClN4O2/c29-16-19-14-22-5-4-20-2-1-3-23(30)25(20)26(27(22)32-17-19)21-8-12-33(13-9-21)24(35)15-18-6-10-34(11-7-18)28(31)36/h1-3,14,17-18,21,26H,4-13,15-16H2,(H2,31,36). The zero-order valence-corrected chi connectivity index (χ0v) is 22.9. The third kappa shape index (κ3) is 5.28. The van der Waals surface area contributed by atoms with Crippen molar-refractivity contribution in [3.63, 3.8) is 0 Å². The van der Waals surface area contributed by atoms with Crippen LogP contribution in [-0.4, -0.2) is 52.9 Å². The van der Waals surface area contributed by atoms with E-state index in [-0.39, 0.29) is 17.9 Å². The first kappa shape index (κ1) is 25.5. The molecule has 2 fully saturated rings. The van der Waals surface area contributed by atoms with Gasteiger partial charge in [0.2, 0.25) is 5.91 Å². The van der Waals surface area contributed by atoms with E-state index < -0.39 is 0 Å². The fourth-order valence-electron chi connectivity index (χ4n) is 6.35. The second-order valence-electron chi connectivity index (χ2n) is 10.5. The van der Waals surface area contributed by atoms with Crippen molar-refractivity contribution in [2.24, 2.45) is 17.6 Å². The number of carbonyl (C=O) groups is 2. The summed E-state index contributed by atoms with van der Waals surface area (Å²) in [4.78, 5) is 33.2. The van der Waals surface area contributed by atoms with Crippen LogP contribution in [0, 0.1) is 11.8 Å². The van der Waals surface area contributed by atoms with Gasteiger partial charge in [0, 0.05) is 55.1 Å². The van der Waals surface area contributed by atoms with Gasteiger partial charge in [0.05, 0.1) is 5.69 Å². The van der Waals surface area contributed by atoms with Crippen molar-refractivity contribution in [2.45, 2.75) is 56.2 Å². The normalized spacial score (nSPS) is 21.0. The average Bonchev–Trinajstić information content (AvgIpc) is 3.06. The molecule has 1 atom stereocenters. The van der Waals surface area contributed by atoms with E-state index in [1.165, 1.54) is 22.3 Å². The number of piperidine rings is 2. The molecule has 0 spiro atoms. The van der Waals surface area contributed by atoms with E-state index in [0.717, 1.165) is 67.7 Å². The van der Waals surface area contributed by atoms with Crippen LogP contribution in [0.1, 0.15) is 66.0 Å². The van der Waals surface area contributed by atoms with E-state index in [2.05, 4.69) is 34.1 Å². The highest BCUT2D eigenvalue weighted by Gasteiger charge is 2.36. The number of benzene rings is 1. The van der Waals surface area contributed by atoms with Crippen molar-refractivity contribution in [3.8, 4) is 0 Å². The number of halogens is 2. The Morgan fingerprint density at radius 1 is 1.03 bits per heavy atom. The third-order valence-electron chi connectivity index (χ3n) is 8.38. The summed E-state index contributed by atoms with van der Waals surface area (Å²) in [7, 11) is 0. The number of urea groups is 1. The lowest BCUT2D eigenvalue weighted by Crippen LogP contribution is -2.44. The number of carbonyl (C=O) groups excluding carboxylic acids is 2. The number of aromatic nitrogens is 1. The van der Waals surface area contributed by atoms with Crippen LogP contribution < -0.4 is 5.73 Å². The Balaban J connectivity index is 1.30. The van der Waals surface area contributed by atoms with Crippen LogP contribution in [0.2, 0.25) is 5.02 Å². The van der Waals surface area contributed by atoms with Crippen LogP contribution in [-0.2, 0) is 23.0 Å². The first-order chi connectivity index (χ1) is 17.4. The smallest absolute Gasteiger partial charge is 0.314 e. The molecule has 1 aromatic heterocycles. The van der Waals surface area contributed by atoms with Gasteiger partial charge in [-0.3, -0.25) is 9.78 Å². The quantitative estimate of drug-likeness (QED) is 0.506. The van der Waals surface area contributed by atoms with E-state index >= 15 is 0 Å².